The maximum Gasteiger partial charge on any atom is 0.394 e. The summed E-state index contributed by atoms with van der Waals surface area (Å²) >= 11 is 1.27. The summed E-state index contributed by atoms with van der Waals surface area (Å²) in [5.74, 6) is 1.09. The minimum absolute atomic E-state index is 0.0506. The van der Waals surface area contributed by atoms with Crippen molar-refractivity contribution in [3.63, 3.8) is 0 Å². The van der Waals surface area contributed by atoms with Crippen molar-refractivity contribution < 1.29 is 23.1 Å². The normalized spacial score (nSPS) is 19.0. The Morgan fingerprint density at radius 2 is 1.84 bits per heavy atom. The number of aryl methyl sites for hydroxylation is 1. The summed E-state index contributed by atoms with van der Waals surface area (Å²) < 4.78 is 32.3. The molecule has 232 valence electrons. The Kier molecular flexibility index (Phi) is 8.17. The van der Waals surface area contributed by atoms with Crippen LogP contribution in [0.15, 0.2) is 78.0 Å². The van der Waals surface area contributed by atoms with Gasteiger partial charge in [0.15, 0.2) is 11.0 Å². The van der Waals surface area contributed by atoms with Gasteiger partial charge >= 0.3 is 12.1 Å². The smallest absolute Gasteiger partial charge is 0.394 e. The van der Waals surface area contributed by atoms with E-state index in [1.165, 1.54) is 23.9 Å². The van der Waals surface area contributed by atoms with E-state index in [4.69, 9.17) is 0 Å². The Morgan fingerprint density at radius 1 is 1.11 bits per heavy atom. The quantitative estimate of drug-likeness (QED) is 0.224. The number of rotatable bonds is 8. The Balaban J connectivity index is 1.08. The van der Waals surface area contributed by atoms with Crippen LogP contribution in [-0.2, 0) is 4.79 Å². The summed E-state index contributed by atoms with van der Waals surface area (Å²) in [5.41, 5.74) is 5.49. The summed E-state index contributed by atoms with van der Waals surface area (Å²) in [5, 5.41) is 7.90. The maximum absolute atomic E-state index is 13.1. The van der Waals surface area contributed by atoms with E-state index in [0.717, 1.165) is 34.4 Å². The summed E-state index contributed by atoms with van der Waals surface area (Å²) in [7, 11) is 0. The van der Waals surface area contributed by atoms with E-state index in [2.05, 4.69) is 39.0 Å². The number of nitrogens with zero attached hydrogens (tertiary/aromatic N) is 5. The molecule has 2 unspecified atom stereocenters. The van der Waals surface area contributed by atoms with Gasteiger partial charge in [-0.1, -0.05) is 62.0 Å². The predicted molar refractivity (Wildman–Crippen MR) is 170 cm³/mol. The fourth-order valence-electron chi connectivity index (χ4n) is 5.57. The number of carbonyl (C=O) groups is 2. The summed E-state index contributed by atoms with van der Waals surface area (Å²) in [6.07, 6.45) is -0.911. The Bertz CT molecular complexity index is 1770. The molecule has 1 aliphatic carbocycles. The molecule has 2 aliphatic rings. The van der Waals surface area contributed by atoms with Crippen molar-refractivity contribution in [1.29, 1.82) is 0 Å². The van der Waals surface area contributed by atoms with Crippen molar-refractivity contribution in [2.24, 2.45) is 4.99 Å². The SMILES string of the molecule is Cc1cccc(N2C(=O)CSC2=NC(=O)NC2CC2c2ccc(-c3ncn(-c4ccc(OC(C)(F)F)cc4)n3)cc2)c1C(C)C. The molecule has 1 saturated heterocycles. The highest BCUT2D eigenvalue weighted by atomic mass is 32.2. The number of alkyl halides is 2. The highest BCUT2D eigenvalue weighted by Gasteiger charge is 2.40. The molecule has 9 nitrogen and oxygen atoms in total. The van der Waals surface area contributed by atoms with Crippen molar-refractivity contribution >= 4 is 34.6 Å². The largest absolute Gasteiger partial charge is 0.433 e. The summed E-state index contributed by atoms with van der Waals surface area (Å²) in [6.45, 7) is 6.89. The van der Waals surface area contributed by atoms with Crippen molar-refractivity contribution in [1.82, 2.24) is 20.1 Å². The number of aliphatic imine (C=N–C) groups is 1. The molecule has 2 heterocycles. The maximum atomic E-state index is 13.1. The molecule has 2 fully saturated rings. The van der Waals surface area contributed by atoms with Gasteiger partial charge in [0.05, 0.1) is 17.1 Å². The van der Waals surface area contributed by atoms with Crippen molar-refractivity contribution in [2.75, 3.05) is 10.7 Å². The third-order valence-electron chi connectivity index (χ3n) is 7.67. The minimum Gasteiger partial charge on any atom is -0.433 e. The number of nitrogens with one attached hydrogen (secondary N) is 1. The van der Waals surface area contributed by atoms with E-state index in [1.807, 2.05) is 49.4 Å². The number of anilines is 1. The number of thioether (sulfide) groups is 1. The molecular formula is C33H32F2N6O3S. The van der Waals surface area contributed by atoms with Crippen LogP contribution in [0.3, 0.4) is 0 Å². The second kappa shape index (κ2) is 12.1. The molecule has 0 radical (unpaired) electrons. The van der Waals surface area contributed by atoms with E-state index < -0.39 is 12.1 Å². The van der Waals surface area contributed by atoms with E-state index in [-0.39, 0.29) is 35.3 Å². The van der Waals surface area contributed by atoms with E-state index in [0.29, 0.717) is 23.6 Å². The lowest BCUT2D eigenvalue weighted by Crippen LogP contribution is -2.33. The first-order chi connectivity index (χ1) is 21.5. The van der Waals surface area contributed by atoms with Crippen molar-refractivity contribution in [3.05, 3.63) is 89.7 Å². The predicted octanol–water partition coefficient (Wildman–Crippen LogP) is 7.06. The second-order valence-corrected chi connectivity index (χ2v) is 12.5. The van der Waals surface area contributed by atoms with Crippen LogP contribution in [0.1, 0.15) is 55.7 Å². The van der Waals surface area contributed by atoms with E-state index in [1.54, 1.807) is 28.0 Å². The van der Waals surface area contributed by atoms with Gasteiger partial charge in [-0.3, -0.25) is 9.69 Å². The zero-order valence-electron chi connectivity index (χ0n) is 25.2. The van der Waals surface area contributed by atoms with Crippen LogP contribution in [0, 0.1) is 6.92 Å². The fourth-order valence-corrected chi connectivity index (χ4v) is 6.43. The van der Waals surface area contributed by atoms with Crippen molar-refractivity contribution in [3.8, 4) is 22.8 Å². The first-order valence-corrected chi connectivity index (χ1v) is 15.6. The second-order valence-electron chi connectivity index (χ2n) is 11.5. The Hall–Kier alpha value is -4.58. The van der Waals surface area contributed by atoms with Gasteiger partial charge < -0.3 is 10.1 Å². The number of aromatic nitrogens is 3. The number of halogens is 2. The monoisotopic (exact) mass is 630 g/mol. The zero-order chi connectivity index (χ0) is 31.9. The number of carbonyl (C=O) groups excluding carboxylic acids is 2. The standard InChI is InChI=1S/C33H32F2N6O3S/c1-19(2)29-20(3)6-5-7-27(29)41-28(42)17-45-32(41)38-31(43)37-26-16-25(26)21-8-10-22(11-9-21)30-36-18-40(39-30)23-12-14-24(15-13-23)44-33(4,34)35/h5-15,18-19,25-26H,16-17H2,1-4H3,(H,37,43). The van der Waals surface area contributed by atoms with Crippen molar-refractivity contribution in [2.45, 2.75) is 58.1 Å². The van der Waals surface area contributed by atoms with Gasteiger partial charge in [-0.05, 0) is 66.3 Å². The van der Waals surface area contributed by atoms with Crippen LogP contribution in [0.2, 0.25) is 0 Å². The minimum atomic E-state index is -3.26. The molecule has 12 heteroatoms. The zero-order valence-corrected chi connectivity index (χ0v) is 26.0. The summed E-state index contributed by atoms with van der Waals surface area (Å²) in [4.78, 5) is 36.0. The molecule has 1 saturated carbocycles. The number of amides is 3. The third-order valence-corrected chi connectivity index (χ3v) is 8.59. The lowest BCUT2D eigenvalue weighted by Gasteiger charge is -2.23. The Morgan fingerprint density at radius 3 is 2.53 bits per heavy atom. The van der Waals surface area contributed by atoms with Gasteiger partial charge in [0.2, 0.25) is 5.91 Å². The number of urea groups is 1. The topological polar surface area (TPSA) is 102 Å². The fraction of sp³-hybridized carbons (Fsp3) is 0.303. The molecule has 0 spiro atoms. The van der Waals surface area contributed by atoms with E-state index in [9.17, 15) is 18.4 Å². The Labute approximate surface area is 263 Å². The molecular weight excluding hydrogens is 598 g/mol. The molecule has 1 aromatic heterocycles. The highest BCUT2D eigenvalue weighted by Crippen LogP contribution is 2.41. The molecule has 2 atom stereocenters. The van der Waals surface area contributed by atoms with Crippen LogP contribution in [0.25, 0.3) is 17.1 Å². The van der Waals surface area contributed by atoms with Gasteiger partial charge in [0, 0.05) is 24.4 Å². The third kappa shape index (κ3) is 6.75. The van der Waals surface area contributed by atoms with Gasteiger partial charge in [0.25, 0.3) is 0 Å². The summed E-state index contributed by atoms with van der Waals surface area (Å²) in [6, 6.07) is 19.3. The van der Waals surface area contributed by atoms with Gasteiger partial charge in [0.1, 0.15) is 12.1 Å². The van der Waals surface area contributed by atoms with Gasteiger partial charge in [-0.2, -0.15) is 13.8 Å². The molecule has 45 heavy (non-hydrogen) atoms. The molecule has 3 aromatic carbocycles. The van der Waals surface area contributed by atoms with E-state index >= 15 is 0 Å². The molecule has 6 rings (SSSR count). The molecule has 4 aromatic rings. The van der Waals surface area contributed by atoms with Gasteiger partial charge in [-0.25, -0.2) is 14.5 Å². The molecule has 0 bridgehead atoms. The first kappa shape index (κ1) is 30.4. The first-order valence-electron chi connectivity index (χ1n) is 14.6. The number of hydrogen-bond donors (Lipinski definition) is 1. The number of amidine groups is 1. The van der Waals surface area contributed by atoms with Crippen LogP contribution in [-0.4, -0.2) is 49.8 Å². The number of benzene rings is 3. The van der Waals surface area contributed by atoms with Gasteiger partial charge in [-0.15, -0.1) is 5.10 Å². The van der Waals surface area contributed by atoms with Crippen LogP contribution in [0.5, 0.6) is 5.75 Å². The lowest BCUT2D eigenvalue weighted by molar-refractivity contribution is -0.158. The van der Waals surface area contributed by atoms with Crippen LogP contribution < -0.4 is 15.0 Å². The average Bonchev–Trinajstić information content (AvgIpc) is 3.38. The number of ether oxygens (including phenoxy) is 1. The lowest BCUT2D eigenvalue weighted by atomic mass is 9.95. The number of hydrogen-bond acceptors (Lipinski definition) is 6. The highest BCUT2D eigenvalue weighted by molar-refractivity contribution is 8.15. The van der Waals surface area contributed by atoms with Crippen LogP contribution >= 0.6 is 11.8 Å². The average molecular weight is 631 g/mol. The molecule has 3 amide bonds. The molecule has 1 N–H and O–H groups in total. The molecule has 1 aliphatic heterocycles. The van der Waals surface area contributed by atoms with Crippen LogP contribution in [0.4, 0.5) is 19.3 Å².